The minimum absolute atomic E-state index is 0.200. The lowest BCUT2D eigenvalue weighted by molar-refractivity contribution is -0.129. The van der Waals surface area contributed by atoms with E-state index in [1.54, 1.807) is 24.9 Å². The van der Waals surface area contributed by atoms with E-state index >= 15 is 0 Å². The molecular formula is C24H25N3O4. The Morgan fingerprint density at radius 3 is 2.55 bits per heavy atom. The molecule has 1 amide bonds. The molecule has 0 radical (unpaired) electrons. The summed E-state index contributed by atoms with van der Waals surface area (Å²) in [5.74, 6) is -0.286. The van der Waals surface area contributed by atoms with Crippen LogP contribution < -0.4 is 10.1 Å². The molecule has 31 heavy (non-hydrogen) atoms. The lowest BCUT2D eigenvalue weighted by Gasteiger charge is -2.13. The third-order valence-corrected chi connectivity index (χ3v) is 5.11. The van der Waals surface area contributed by atoms with E-state index in [0.717, 1.165) is 18.4 Å². The predicted molar refractivity (Wildman–Crippen MR) is 116 cm³/mol. The fourth-order valence-electron chi connectivity index (χ4n) is 3.29. The maximum atomic E-state index is 13.0. The molecule has 1 aliphatic rings. The molecule has 3 aromatic rings. The lowest BCUT2D eigenvalue weighted by Crippen LogP contribution is -2.37. The first-order chi connectivity index (χ1) is 15.0. The zero-order valence-corrected chi connectivity index (χ0v) is 17.6. The number of carbonyl (C=O) groups excluding carboxylic acids is 2. The van der Waals surface area contributed by atoms with Crippen LogP contribution in [0.3, 0.4) is 0 Å². The Kier molecular flexibility index (Phi) is 6.02. The number of aromatic nitrogens is 2. The molecule has 1 fully saturated rings. The Labute approximate surface area is 181 Å². The average molecular weight is 419 g/mol. The monoisotopic (exact) mass is 419 g/mol. The Balaban J connectivity index is 1.63. The molecular weight excluding hydrogens is 394 g/mol. The summed E-state index contributed by atoms with van der Waals surface area (Å²) in [7, 11) is 1.57. The molecule has 1 heterocycles. The molecule has 7 nitrogen and oxygen atoms in total. The maximum absolute atomic E-state index is 13.0. The van der Waals surface area contributed by atoms with Gasteiger partial charge in [-0.15, -0.1) is 0 Å². The number of benzene rings is 2. The highest BCUT2D eigenvalue weighted by atomic mass is 16.5. The molecule has 0 unspecified atom stereocenters. The van der Waals surface area contributed by atoms with Crippen molar-refractivity contribution in [2.24, 2.45) is 0 Å². The molecule has 0 saturated heterocycles. The molecule has 1 saturated carbocycles. The van der Waals surface area contributed by atoms with Gasteiger partial charge in [0, 0.05) is 17.8 Å². The molecule has 7 heteroatoms. The van der Waals surface area contributed by atoms with Crippen LogP contribution in [-0.4, -0.2) is 40.9 Å². The van der Waals surface area contributed by atoms with E-state index in [0.29, 0.717) is 23.6 Å². The lowest BCUT2D eigenvalue weighted by atomic mass is 10.1. The normalized spacial score (nSPS) is 14.0. The fraction of sp³-hybridized carbons (Fsp3) is 0.292. The second-order valence-corrected chi connectivity index (χ2v) is 7.61. The van der Waals surface area contributed by atoms with Crippen molar-refractivity contribution in [1.82, 2.24) is 15.1 Å². The number of nitrogens with zero attached hydrogens (tertiary/aromatic N) is 2. The van der Waals surface area contributed by atoms with Gasteiger partial charge in [-0.05, 0) is 37.5 Å². The first kappa shape index (κ1) is 20.7. The van der Waals surface area contributed by atoms with Crippen molar-refractivity contribution in [2.45, 2.75) is 38.5 Å². The minimum atomic E-state index is -0.893. The van der Waals surface area contributed by atoms with Gasteiger partial charge in [0.15, 0.2) is 6.10 Å². The van der Waals surface area contributed by atoms with Crippen LogP contribution in [0.4, 0.5) is 0 Å². The van der Waals surface area contributed by atoms with Gasteiger partial charge in [-0.1, -0.05) is 42.5 Å². The standard InChI is InChI=1S/C24H25N3O4/c1-16(23(28)25-18-12-13-18)31-24(29)20-15-27(14-17-8-4-3-5-9-17)26-22(20)19-10-6-7-11-21(19)30-2/h3-11,15-16,18H,12-14H2,1-2H3,(H,25,28)/t16-/m0/s1. The molecule has 1 atom stereocenters. The highest BCUT2D eigenvalue weighted by molar-refractivity contribution is 5.98. The molecule has 0 spiro atoms. The number of esters is 1. The molecule has 1 N–H and O–H groups in total. The van der Waals surface area contributed by atoms with Crippen LogP contribution in [0.25, 0.3) is 11.3 Å². The number of nitrogens with one attached hydrogen (secondary N) is 1. The van der Waals surface area contributed by atoms with E-state index in [-0.39, 0.29) is 17.5 Å². The van der Waals surface area contributed by atoms with Gasteiger partial charge in [0.25, 0.3) is 5.91 Å². The number of ether oxygens (including phenoxy) is 2. The van der Waals surface area contributed by atoms with Crippen molar-refractivity contribution in [3.8, 4) is 17.0 Å². The topological polar surface area (TPSA) is 82.5 Å². The van der Waals surface area contributed by atoms with Crippen LogP contribution in [0.2, 0.25) is 0 Å². The van der Waals surface area contributed by atoms with Gasteiger partial charge in [-0.2, -0.15) is 5.10 Å². The smallest absolute Gasteiger partial charge is 0.342 e. The zero-order valence-electron chi connectivity index (χ0n) is 17.6. The number of carbonyl (C=O) groups is 2. The van der Waals surface area contributed by atoms with Gasteiger partial charge in [0.2, 0.25) is 0 Å². The predicted octanol–water partition coefficient (Wildman–Crippen LogP) is 3.43. The summed E-state index contributed by atoms with van der Waals surface area (Å²) < 4.78 is 12.6. The summed E-state index contributed by atoms with van der Waals surface area (Å²) in [4.78, 5) is 25.3. The van der Waals surface area contributed by atoms with Crippen LogP contribution in [0.15, 0.2) is 60.8 Å². The summed E-state index contributed by atoms with van der Waals surface area (Å²) in [6, 6.07) is 17.4. The second kappa shape index (κ2) is 9.04. The molecule has 0 bridgehead atoms. The molecule has 4 rings (SSSR count). The van der Waals surface area contributed by atoms with Crippen LogP contribution in [0, 0.1) is 0 Å². The first-order valence-electron chi connectivity index (χ1n) is 10.3. The number of amides is 1. The SMILES string of the molecule is COc1ccccc1-c1nn(Cc2ccccc2)cc1C(=O)O[C@@H](C)C(=O)NC1CC1. The summed E-state index contributed by atoms with van der Waals surface area (Å²) in [5, 5.41) is 7.51. The number of rotatable bonds is 8. The number of hydrogen-bond donors (Lipinski definition) is 1. The number of methoxy groups -OCH3 is 1. The van der Waals surface area contributed by atoms with Crippen molar-refractivity contribution in [3.63, 3.8) is 0 Å². The molecule has 160 valence electrons. The van der Waals surface area contributed by atoms with Crippen molar-refractivity contribution in [3.05, 3.63) is 71.9 Å². The largest absolute Gasteiger partial charge is 0.496 e. The van der Waals surface area contributed by atoms with Gasteiger partial charge >= 0.3 is 5.97 Å². The molecule has 1 aliphatic carbocycles. The van der Waals surface area contributed by atoms with Crippen molar-refractivity contribution in [2.75, 3.05) is 7.11 Å². The summed E-state index contributed by atoms with van der Waals surface area (Å²) >= 11 is 0. The van der Waals surface area contributed by atoms with E-state index in [2.05, 4.69) is 10.4 Å². The van der Waals surface area contributed by atoms with Gasteiger partial charge < -0.3 is 14.8 Å². The Morgan fingerprint density at radius 2 is 1.84 bits per heavy atom. The first-order valence-corrected chi connectivity index (χ1v) is 10.3. The Morgan fingerprint density at radius 1 is 1.13 bits per heavy atom. The van der Waals surface area contributed by atoms with Crippen LogP contribution in [0.5, 0.6) is 5.75 Å². The molecule has 2 aromatic carbocycles. The van der Waals surface area contributed by atoms with E-state index in [1.807, 2.05) is 54.6 Å². The number of hydrogen-bond acceptors (Lipinski definition) is 5. The summed E-state index contributed by atoms with van der Waals surface area (Å²) in [6.45, 7) is 2.07. The van der Waals surface area contributed by atoms with Crippen LogP contribution in [-0.2, 0) is 16.1 Å². The van der Waals surface area contributed by atoms with Gasteiger partial charge in [0.1, 0.15) is 17.0 Å². The van der Waals surface area contributed by atoms with E-state index in [4.69, 9.17) is 9.47 Å². The minimum Gasteiger partial charge on any atom is -0.496 e. The van der Waals surface area contributed by atoms with Gasteiger partial charge in [-0.3, -0.25) is 9.48 Å². The van der Waals surface area contributed by atoms with Crippen molar-refractivity contribution >= 4 is 11.9 Å². The highest BCUT2D eigenvalue weighted by Crippen LogP contribution is 2.31. The number of para-hydroxylation sites is 1. The van der Waals surface area contributed by atoms with E-state index < -0.39 is 12.1 Å². The van der Waals surface area contributed by atoms with Crippen LogP contribution in [0.1, 0.15) is 35.7 Å². The summed E-state index contributed by atoms with van der Waals surface area (Å²) in [6.07, 6.45) is 2.70. The third kappa shape index (κ3) is 4.94. The fourth-order valence-corrected chi connectivity index (χ4v) is 3.29. The van der Waals surface area contributed by atoms with Crippen molar-refractivity contribution < 1.29 is 19.1 Å². The second-order valence-electron chi connectivity index (χ2n) is 7.61. The highest BCUT2D eigenvalue weighted by Gasteiger charge is 2.29. The third-order valence-electron chi connectivity index (χ3n) is 5.11. The molecule has 0 aliphatic heterocycles. The van der Waals surface area contributed by atoms with Gasteiger partial charge in [-0.25, -0.2) is 4.79 Å². The average Bonchev–Trinajstić information content (AvgIpc) is 3.50. The zero-order chi connectivity index (χ0) is 21.8. The van der Waals surface area contributed by atoms with Gasteiger partial charge in [0.05, 0.1) is 13.7 Å². The quantitative estimate of drug-likeness (QED) is 0.566. The van der Waals surface area contributed by atoms with E-state index in [1.165, 1.54) is 0 Å². The molecule has 1 aromatic heterocycles. The Bertz CT molecular complexity index is 1070. The van der Waals surface area contributed by atoms with Crippen molar-refractivity contribution in [1.29, 1.82) is 0 Å². The Hall–Kier alpha value is -3.61. The summed E-state index contributed by atoms with van der Waals surface area (Å²) in [5.41, 5.74) is 2.47. The van der Waals surface area contributed by atoms with Crippen LogP contribution >= 0.6 is 0 Å². The van der Waals surface area contributed by atoms with E-state index in [9.17, 15) is 9.59 Å². The maximum Gasteiger partial charge on any atom is 0.342 e.